The molecule has 2 N–H and O–H groups in total. The van der Waals surface area contributed by atoms with Crippen molar-refractivity contribution >= 4 is 17.5 Å². The van der Waals surface area contributed by atoms with Crippen LogP contribution in [0.4, 0.5) is 5.69 Å². The van der Waals surface area contributed by atoms with Crippen molar-refractivity contribution in [3.63, 3.8) is 0 Å². The maximum absolute atomic E-state index is 12.7. The van der Waals surface area contributed by atoms with Gasteiger partial charge in [0.25, 0.3) is 11.8 Å². The van der Waals surface area contributed by atoms with Crippen molar-refractivity contribution in [3.05, 3.63) is 47.3 Å². The van der Waals surface area contributed by atoms with Gasteiger partial charge in [-0.15, -0.1) is 0 Å². The molecule has 0 unspecified atom stereocenters. The van der Waals surface area contributed by atoms with Crippen LogP contribution in [0.15, 0.2) is 30.3 Å². The molecule has 1 atom stereocenters. The van der Waals surface area contributed by atoms with Gasteiger partial charge in [0, 0.05) is 12.6 Å². The Balaban J connectivity index is 1.57. The van der Waals surface area contributed by atoms with E-state index in [4.69, 9.17) is 0 Å². The van der Waals surface area contributed by atoms with Gasteiger partial charge < -0.3 is 15.1 Å². The van der Waals surface area contributed by atoms with Crippen molar-refractivity contribution in [3.8, 4) is 0 Å². The summed E-state index contributed by atoms with van der Waals surface area (Å²) < 4.78 is 1.77. The average Bonchev–Trinajstić information content (AvgIpc) is 2.93. The van der Waals surface area contributed by atoms with Crippen LogP contribution in [0.25, 0.3) is 0 Å². The molecule has 1 fully saturated rings. The molecule has 1 aromatic carbocycles. The summed E-state index contributed by atoms with van der Waals surface area (Å²) in [7, 11) is 1.87. The summed E-state index contributed by atoms with van der Waals surface area (Å²) in [5.74, 6) is 0.0559. The molecule has 7 heteroatoms. The molecule has 1 aromatic heterocycles. The number of nitrogens with one attached hydrogen (secondary N) is 2. The zero-order valence-corrected chi connectivity index (χ0v) is 16.5. The summed E-state index contributed by atoms with van der Waals surface area (Å²) in [6.45, 7) is 8.63. The largest absolute Gasteiger partial charge is 0.327 e. The minimum absolute atomic E-state index is 0.00737. The highest BCUT2D eigenvalue weighted by molar-refractivity contribution is 5.95. The lowest BCUT2D eigenvalue weighted by molar-refractivity contribution is -0.917. The Labute approximate surface area is 159 Å². The van der Waals surface area contributed by atoms with Crippen LogP contribution in [0.5, 0.6) is 0 Å². The predicted octanol–water partition coefficient (Wildman–Crippen LogP) is 0.405. The number of hydrogen-bond acceptors (Lipinski definition) is 3. The van der Waals surface area contributed by atoms with Gasteiger partial charge in [-0.05, 0) is 32.9 Å². The third-order valence-corrected chi connectivity index (χ3v) is 5.48. The van der Waals surface area contributed by atoms with Crippen molar-refractivity contribution < 1.29 is 14.5 Å². The van der Waals surface area contributed by atoms with Crippen molar-refractivity contribution in [2.24, 2.45) is 7.05 Å². The highest BCUT2D eigenvalue weighted by atomic mass is 16.2. The Morgan fingerprint density at radius 2 is 1.78 bits per heavy atom. The number of piperazine rings is 1. The first kappa shape index (κ1) is 19.1. The average molecular weight is 370 g/mol. The number of hydrogen-bond donors (Lipinski definition) is 2. The third kappa shape index (κ3) is 4.03. The van der Waals surface area contributed by atoms with Crippen LogP contribution < -0.4 is 10.2 Å². The fourth-order valence-corrected chi connectivity index (χ4v) is 3.56. The molecule has 1 aliphatic rings. The van der Waals surface area contributed by atoms with Crippen LogP contribution in [0, 0.1) is 13.8 Å². The second-order valence-corrected chi connectivity index (χ2v) is 7.20. The first-order valence-corrected chi connectivity index (χ1v) is 9.38. The Morgan fingerprint density at radius 1 is 1.15 bits per heavy atom. The Kier molecular flexibility index (Phi) is 5.60. The molecule has 7 nitrogen and oxygen atoms in total. The van der Waals surface area contributed by atoms with Gasteiger partial charge in [-0.25, -0.2) is 0 Å². The van der Waals surface area contributed by atoms with Crippen molar-refractivity contribution in [1.82, 2.24) is 14.7 Å². The Morgan fingerprint density at radius 3 is 2.33 bits per heavy atom. The number of carbonyl (C=O) groups excluding carboxylic acids is 2. The SMILES string of the molecule is Cc1nn(C)c(C)c1NC(=O)[C@H](C)[NH+]1CCN(C(=O)c2ccccc2)CC1. The molecule has 1 saturated heterocycles. The molecule has 1 aliphatic heterocycles. The normalized spacial score (nSPS) is 16.2. The zero-order chi connectivity index (χ0) is 19.6. The molecular formula is C20H28N5O2+. The van der Waals surface area contributed by atoms with Gasteiger partial charge >= 0.3 is 0 Å². The fourth-order valence-electron chi connectivity index (χ4n) is 3.56. The topological polar surface area (TPSA) is 71.7 Å². The van der Waals surface area contributed by atoms with E-state index in [1.165, 1.54) is 4.90 Å². The molecule has 27 heavy (non-hydrogen) atoms. The number of rotatable bonds is 4. The van der Waals surface area contributed by atoms with E-state index in [1.807, 2.05) is 63.1 Å². The summed E-state index contributed by atoms with van der Waals surface area (Å²) in [5, 5.41) is 7.38. The smallest absolute Gasteiger partial charge is 0.282 e. The quantitative estimate of drug-likeness (QED) is 0.819. The minimum Gasteiger partial charge on any atom is -0.327 e. The first-order valence-electron chi connectivity index (χ1n) is 9.38. The predicted molar refractivity (Wildman–Crippen MR) is 104 cm³/mol. The van der Waals surface area contributed by atoms with E-state index in [0.29, 0.717) is 18.7 Å². The number of carbonyl (C=O) groups is 2. The lowest BCUT2D eigenvalue weighted by Crippen LogP contribution is -3.19. The highest BCUT2D eigenvalue weighted by Gasteiger charge is 2.31. The molecule has 144 valence electrons. The minimum atomic E-state index is -0.182. The van der Waals surface area contributed by atoms with E-state index in [0.717, 1.165) is 30.2 Å². The van der Waals surface area contributed by atoms with Crippen molar-refractivity contribution in [2.45, 2.75) is 26.8 Å². The van der Waals surface area contributed by atoms with E-state index in [1.54, 1.807) is 4.68 Å². The van der Waals surface area contributed by atoms with Crippen LogP contribution >= 0.6 is 0 Å². The molecule has 0 radical (unpaired) electrons. The summed E-state index contributed by atoms with van der Waals surface area (Å²) in [6, 6.07) is 9.17. The maximum Gasteiger partial charge on any atom is 0.282 e. The second-order valence-electron chi connectivity index (χ2n) is 7.20. The summed E-state index contributed by atoms with van der Waals surface area (Å²) in [5.41, 5.74) is 3.28. The highest BCUT2D eigenvalue weighted by Crippen LogP contribution is 2.18. The second kappa shape index (κ2) is 7.92. The van der Waals surface area contributed by atoms with Gasteiger partial charge in [0.2, 0.25) is 0 Å². The Bertz CT molecular complexity index is 822. The number of anilines is 1. The van der Waals surface area contributed by atoms with Crippen LogP contribution in [-0.2, 0) is 11.8 Å². The monoisotopic (exact) mass is 370 g/mol. The molecule has 2 aromatic rings. The lowest BCUT2D eigenvalue weighted by atomic mass is 10.1. The molecule has 0 saturated carbocycles. The molecule has 0 aliphatic carbocycles. The Hall–Kier alpha value is -2.67. The zero-order valence-electron chi connectivity index (χ0n) is 16.5. The van der Waals surface area contributed by atoms with E-state index in [2.05, 4.69) is 10.4 Å². The van der Waals surface area contributed by atoms with Crippen LogP contribution in [-0.4, -0.2) is 58.7 Å². The number of aryl methyl sites for hydroxylation is 2. The van der Waals surface area contributed by atoms with Gasteiger partial charge in [0.15, 0.2) is 6.04 Å². The number of aromatic nitrogens is 2. The van der Waals surface area contributed by atoms with Crippen LogP contribution in [0.1, 0.15) is 28.7 Å². The van der Waals surface area contributed by atoms with Gasteiger partial charge in [-0.1, -0.05) is 18.2 Å². The molecule has 0 bridgehead atoms. The number of benzene rings is 1. The number of nitrogens with zero attached hydrogens (tertiary/aromatic N) is 3. The van der Waals surface area contributed by atoms with Crippen LogP contribution in [0.2, 0.25) is 0 Å². The maximum atomic E-state index is 12.7. The van der Waals surface area contributed by atoms with Gasteiger partial charge in [-0.3, -0.25) is 14.3 Å². The van der Waals surface area contributed by atoms with E-state index < -0.39 is 0 Å². The summed E-state index contributed by atoms with van der Waals surface area (Å²) in [6.07, 6.45) is 0. The van der Waals surface area contributed by atoms with E-state index in [-0.39, 0.29) is 17.9 Å². The van der Waals surface area contributed by atoms with Gasteiger partial charge in [0.1, 0.15) is 0 Å². The van der Waals surface area contributed by atoms with E-state index >= 15 is 0 Å². The number of amides is 2. The third-order valence-electron chi connectivity index (χ3n) is 5.48. The molecule has 0 spiro atoms. The molecule has 2 heterocycles. The van der Waals surface area contributed by atoms with Crippen molar-refractivity contribution in [1.29, 1.82) is 0 Å². The van der Waals surface area contributed by atoms with Crippen LogP contribution in [0.3, 0.4) is 0 Å². The van der Waals surface area contributed by atoms with E-state index in [9.17, 15) is 9.59 Å². The standard InChI is InChI=1S/C20H27N5O2/c1-14-18(15(2)23(4)22-14)21-19(26)16(3)24-10-12-25(13-11-24)20(27)17-8-6-5-7-9-17/h5-9,16H,10-13H2,1-4H3,(H,21,26)/p+1/t16-/m0/s1. The van der Waals surface area contributed by atoms with Gasteiger partial charge in [0.05, 0.1) is 43.3 Å². The summed E-state index contributed by atoms with van der Waals surface area (Å²) >= 11 is 0. The summed E-state index contributed by atoms with van der Waals surface area (Å²) in [4.78, 5) is 28.3. The van der Waals surface area contributed by atoms with Crippen molar-refractivity contribution in [2.75, 3.05) is 31.5 Å². The fraction of sp³-hybridized carbons (Fsp3) is 0.450. The molecule has 2 amide bonds. The molecular weight excluding hydrogens is 342 g/mol. The first-order chi connectivity index (χ1) is 12.9. The van der Waals surface area contributed by atoms with Gasteiger partial charge in [-0.2, -0.15) is 5.10 Å². The lowest BCUT2D eigenvalue weighted by Gasteiger charge is -2.34. The number of quaternary nitrogens is 1. The molecule has 3 rings (SSSR count).